The van der Waals surface area contributed by atoms with Gasteiger partial charge in [0.15, 0.2) is 0 Å². The fraction of sp³-hybridized carbons (Fsp3) is 1.00. The highest BCUT2D eigenvalue weighted by Gasteiger charge is 2.14. The lowest BCUT2D eigenvalue weighted by Crippen LogP contribution is -2.35. The van der Waals surface area contributed by atoms with E-state index >= 15 is 0 Å². The molecule has 2 N–H and O–H groups in total. The predicted octanol–water partition coefficient (Wildman–Crippen LogP) is 0.251. The van der Waals surface area contributed by atoms with Gasteiger partial charge in [0, 0.05) is 19.8 Å². The second kappa shape index (κ2) is 5.49. The minimum Gasteiger partial charge on any atom is -0.788 e. The number of nitrogens with one attached hydrogen (secondary N) is 1. The molecule has 0 unspecified atom stereocenters. The van der Waals surface area contributed by atoms with Crippen molar-refractivity contribution in [1.82, 2.24) is 5.48 Å². The molecule has 0 bridgehead atoms. The fourth-order valence-electron chi connectivity index (χ4n) is 0.638. The number of hydroxylamine groups is 1. The number of rotatable bonds is 6. The van der Waals surface area contributed by atoms with Crippen LogP contribution in [0, 0.1) is 5.21 Å². The first kappa shape index (κ1) is 10.8. The topological polar surface area (TPSA) is 64.5 Å². The Hall–Kier alpha value is -0.160. The van der Waals surface area contributed by atoms with Crippen molar-refractivity contribution in [3.05, 3.63) is 5.21 Å². The minimum absolute atomic E-state index is 0.126. The standard InChI is InChI=1S/C7H16NO3/c1-7(2,6-8-10)11-5-3-4-9/h8-9H,3-6H2,1-2H3/q-1. The molecule has 0 aromatic rings. The SMILES string of the molecule is CC(C)(CN[O-])OCCCO. The quantitative estimate of drug-likeness (QED) is 0.434. The Bertz CT molecular complexity index is 95.7. The molecule has 0 saturated carbocycles. The molecule has 0 fully saturated rings. The Labute approximate surface area is 67.1 Å². The summed E-state index contributed by atoms with van der Waals surface area (Å²) in [6.45, 7) is 4.55. The predicted molar refractivity (Wildman–Crippen MR) is 43.1 cm³/mol. The Morgan fingerprint density at radius 3 is 2.64 bits per heavy atom. The van der Waals surface area contributed by atoms with Crippen LogP contribution in [0.4, 0.5) is 0 Å². The summed E-state index contributed by atoms with van der Waals surface area (Å²) in [6, 6.07) is 0. The summed E-state index contributed by atoms with van der Waals surface area (Å²) < 4.78 is 5.29. The summed E-state index contributed by atoms with van der Waals surface area (Å²) in [5.41, 5.74) is 1.36. The van der Waals surface area contributed by atoms with Gasteiger partial charge in [-0.2, -0.15) is 0 Å². The number of hydrogen-bond donors (Lipinski definition) is 2. The normalized spacial score (nSPS) is 12.0. The van der Waals surface area contributed by atoms with E-state index in [-0.39, 0.29) is 13.2 Å². The van der Waals surface area contributed by atoms with Crippen molar-refractivity contribution in [2.45, 2.75) is 25.9 Å². The molecule has 0 radical (unpaired) electrons. The summed E-state index contributed by atoms with van der Waals surface area (Å²) >= 11 is 0. The van der Waals surface area contributed by atoms with Gasteiger partial charge in [-0.15, -0.1) is 0 Å². The van der Waals surface area contributed by atoms with Crippen LogP contribution in [0.1, 0.15) is 20.3 Å². The van der Waals surface area contributed by atoms with Crippen molar-refractivity contribution in [1.29, 1.82) is 0 Å². The molecule has 0 aliphatic carbocycles. The van der Waals surface area contributed by atoms with Gasteiger partial charge in [0.2, 0.25) is 0 Å². The van der Waals surface area contributed by atoms with E-state index < -0.39 is 5.60 Å². The van der Waals surface area contributed by atoms with E-state index in [4.69, 9.17) is 9.84 Å². The molecule has 0 aromatic carbocycles. The molecule has 0 heterocycles. The number of aliphatic hydroxyl groups excluding tert-OH is 1. The molecular weight excluding hydrogens is 146 g/mol. The first-order valence-corrected chi connectivity index (χ1v) is 3.72. The molecule has 4 heteroatoms. The third kappa shape index (κ3) is 6.25. The van der Waals surface area contributed by atoms with Crippen molar-refractivity contribution < 1.29 is 9.84 Å². The lowest BCUT2D eigenvalue weighted by molar-refractivity contribution is -0.0194. The van der Waals surface area contributed by atoms with Crippen LogP contribution in [0.5, 0.6) is 0 Å². The highest BCUT2D eigenvalue weighted by atomic mass is 16.5. The van der Waals surface area contributed by atoms with Gasteiger partial charge >= 0.3 is 0 Å². The summed E-state index contributed by atoms with van der Waals surface area (Å²) in [5.74, 6) is 0. The molecule has 4 nitrogen and oxygen atoms in total. The smallest absolute Gasteiger partial charge is 0.0741 e. The van der Waals surface area contributed by atoms with Gasteiger partial charge in [-0.25, -0.2) is 0 Å². The molecule has 11 heavy (non-hydrogen) atoms. The highest BCUT2D eigenvalue weighted by molar-refractivity contribution is 4.71. The zero-order valence-electron chi connectivity index (χ0n) is 7.09. The van der Waals surface area contributed by atoms with Crippen LogP contribution in [0.25, 0.3) is 0 Å². The van der Waals surface area contributed by atoms with Crippen molar-refractivity contribution >= 4 is 0 Å². The average Bonchev–Trinajstić information content (AvgIpc) is 1.87. The van der Waals surface area contributed by atoms with Crippen LogP contribution < -0.4 is 5.48 Å². The maximum absolute atomic E-state index is 10.00. The number of hydrogen-bond acceptors (Lipinski definition) is 4. The average molecular weight is 162 g/mol. The first-order valence-electron chi connectivity index (χ1n) is 3.72. The van der Waals surface area contributed by atoms with Gasteiger partial charge in [0.05, 0.1) is 5.60 Å². The summed E-state index contributed by atoms with van der Waals surface area (Å²) in [7, 11) is 0. The van der Waals surface area contributed by atoms with E-state index in [2.05, 4.69) is 0 Å². The summed E-state index contributed by atoms with van der Waals surface area (Å²) in [5, 5.41) is 18.4. The second-order valence-electron chi connectivity index (χ2n) is 3.01. The lowest BCUT2D eigenvalue weighted by Gasteiger charge is -2.27. The molecule has 0 atom stereocenters. The molecule has 0 amide bonds. The molecule has 0 saturated heterocycles. The molecular formula is C7H16NO3-. The van der Waals surface area contributed by atoms with Gasteiger partial charge in [0.1, 0.15) is 0 Å². The van der Waals surface area contributed by atoms with E-state index in [1.807, 2.05) is 13.8 Å². The van der Waals surface area contributed by atoms with Gasteiger partial charge in [-0.3, -0.25) is 0 Å². The third-order valence-corrected chi connectivity index (χ3v) is 1.29. The van der Waals surface area contributed by atoms with E-state index in [9.17, 15) is 5.21 Å². The van der Waals surface area contributed by atoms with E-state index in [0.29, 0.717) is 13.0 Å². The van der Waals surface area contributed by atoms with Crippen LogP contribution in [0.2, 0.25) is 0 Å². The Kier molecular flexibility index (Phi) is 5.41. The van der Waals surface area contributed by atoms with Gasteiger partial charge in [-0.1, -0.05) is 0 Å². The number of ether oxygens (including phenoxy) is 1. The Morgan fingerprint density at radius 2 is 2.18 bits per heavy atom. The van der Waals surface area contributed by atoms with Gasteiger partial charge < -0.3 is 20.5 Å². The molecule has 0 spiro atoms. The van der Waals surface area contributed by atoms with Gasteiger partial charge in [0.25, 0.3) is 0 Å². The molecule has 0 aliphatic heterocycles. The highest BCUT2D eigenvalue weighted by Crippen LogP contribution is 2.07. The Morgan fingerprint density at radius 1 is 1.55 bits per heavy atom. The zero-order valence-corrected chi connectivity index (χ0v) is 7.09. The van der Waals surface area contributed by atoms with Crippen LogP contribution in [0.15, 0.2) is 0 Å². The molecule has 0 aliphatic rings. The van der Waals surface area contributed by atoms with Crippen LogP contribution in [-0.4, -0.2) is 30.5 Å². The summed E-state index contributed by atoms with van der Waals surface area (Å²) in [6.07, 6.45) is 0.613. The van der Waals surface area contributed by atoms with E-state index in [0.717, 1.165) is 0 Å². The molecule has 68 valence electrons. The first-order chi connectivity index (χ1) is 5.12. The van der Waals surface area contributed by atoms with Crippen molar-refractivity contribution in [3.63, 3.8) is 0 Å². The molecule has 0 rings (SSSR count). The van der Waals surface area contributed by atoms with Crippen LogP contribution in [-0.2, 0) is 4.74 Å². The fourth-order valence-corrected chi connectivity index (χ4v) is 0.638. The number of aliphatic hydroxyl groups is 1. The van der Waals surface area contributed by atoms with E-state index in [1.165, 1.54) is 0 Å². The maximum Gasteiger partial charge on any atom is 0.0741 e. The second-order valence-corrected chi connectivity index (χ2v) is 3.01. The monoisotopic (exact) mass is 162 g/mol. The van der Waals surface area contributed by atoms with Crippen LogP contribution >= 0.6 is 0 Å². The van der Waals surface area contributed by atoms with Crippen molar-refractivity contribution in [2.75, 3.05) is 19.8 Å². The van der Waals surface area contributed by atoms with Crippen LogP contribution in [0.3, 0.4) is 0 Å². The van der Waals surface area contributed by atoms with E-state index in [1.54, 1.807) is 5.48 Å². The third-order valence-electron chi connectivity index (χ3n) is 1.29. The minimum atomic E-state index is -0.434. The lowest BCUT2D eigenvalue weighted by atomic mass is 10.1. The largest absolute Gasteiger partial charge is 0.788 e. The van der Waals surface area contributed by atoms with Crippen molar-refractivity contribution in [3.8, 4) is 0 Å². The maximum atomic E-state index is 10.00. The Balaban J connectivity index is 3.38. The van der Waals surface area contributed by atoms with Gasteiger partial charge in [-0.05, 0) is 20.3 Å². The van der Waals surface area contributed by atoms with Crippen molar-refractivity contribution in [2.24, 2.45) is 0 Å². The summed E-state index contributed by atoms with van der Waals surface area (Å²) in [4.78, 5) is 0. The molecule has 0 aromatic heterocycles. The zero-order chi connectivity index (χ0) is 8.74.